The van der Waals surface area contributed by atoms with Crippen LogP contribution in [0.15, 0.2) is 48.6 Å². The van der Waals surface area contributed by atoms with Gasteiger partial charge in [-0.3, -0.25) is 0 Å². The van der Waals surface area contributed by atoms with E-state index in [-0.39, 0.29) is 55.5 Å². The molecular formula is C33H58HfSi. The minimum absolute atomic E-state index is 0. The van der Waals surface area contributed by atoms with Gasteiger partial charge in [0.25, 0.3) is 0 Å². The van der Waals surface area contributed by atoms with E-state index >= 15 is 0 Å². The largest absolute Gasteiger partial charge is 4.00 e. The summed E-state index contributed by atoms with van der Waals surface area (Å²) in [6.45, 7) is 15.7. The Bertz CT molecular complexity index is 731. The smallest absolute Gasteiger partial charge is 0.358 e. The van der Waals surface area contributed by atoms with Crippen LogP contribution >= 0.6 is 0 Å². The van der Waals surface area contributed by atoms with Crippen LogP contribution < -0.4 is 0 Å². The fourth-order valence-corrected chi connectivity index (χ4v) is 16.2. The van der Waals surface area contributed by atoms with Gasteiger partial charge in [0.1, 0.15) is 0 Å². The molecule has 0 saturated heterocycles. The van der Waals surface area contributed by atoms with Gasteiger partial charge in [0.05, 0.1) is 8.07 Å². The maximum Gasteiger partial charge on any atom is 4.00 e. The molecule has 198 valence electrons. The molecule has 0 aliphatic heterocycles. The van der Waals surface area contributed by atoms with Gasteiger partial charge in [0.2, 0.25) is 0 Å². The van der Waals surface area contributed by atoms with Crippen molar-refractivity contribution in [2.24, 2.45) is 40.9 Å². The van der Waals surface area contributed by atoms with Crippen LogP contribution in [-0.4, -0.2) is 8.07 Å². The predicted molar refractivity (Wildman–Crippen MR) is 161 cm³/mol. The molecule has 0 N–H and O–H groups in total. The van der Waals surface area contributed by atoms with Gasteiger partial charge in [0.15, 0.2) is 0 Å². The second kappa shape index (κ2) is 14.8. The molecule has 0 aromatic rings. The van der Waals surface area contributed by atoms with Gasteiger partial charge in [-0.25, -0.2) is 0 Å². The summed E-state index contributed by atoms with van der Waals surface area (Å²) in [5.74, 6) is 5.14. The Labute approximate surface area is 242 Å². The van der Waals surface area contributed by atoms with E-state index in [4.69, 9.17) is 0 Å². The standard InChI is InChI=1S/C29H46Si.4CH3.Hf/c1-7-14-23-20-29(18-12-9-13-19-29)28(21(23)3)30(5,6)27-22(4)24(15-8-2)25-16-10-11-17-26(25)27;;;;;/h9-13,16-18,21-28H,7-8,14-15,19-20H2,1-6H3;4*1H3;/q;4*-1;+4. The first-order valence-corrected chi connectivity index (χ1v) is 16.2. The number of hydrogen-bond acceptors (Lipinski definition) is 0. The monoisotopic (exact) mass is 662 g/mol. The van der Waals surface area contributed by atoms with Gasteiger partial charge >= 0.3 is 25.8 Å². The van der Waals surface area contributed by atoms with Gasteiger partial charge in [-0.2, -0.15) is 0 Å². The maximum absolute atomic E-state index is 2.81. The molecule has 0 nitrogen and oxygen atoms in total. The third-order valence-corrected chi connectivity index (χ3v) is 15.4. The molecule has 9 atom stereocenters. The molecule has 0 aromatic heterocycles. The zero-order chi connectivity index (χ0) is 21.5. The van der Waals surface area contributed by atoms with Crippen LogP contribution in [0.4, 0.5) is 0 Å². The Hall–Kier alpha value is 0.0470. The molecule has 2 fully saturated rings. The van der Waals surface area contributed by atoms with Crippen molar-refractivity contribution in [2.75, 3.05) is 0 Å². The Morgan fingerprint density at radius 2 is 1.40 bits per heavy atom. The molecule has 0 heterocycles. The molecule has 9 unspecified atom stereocenters. The normalized spacial score (nSPS) is 38.5. The molecule has 0 amide bonds. The van der Waals surface area contributed by atoms with E-state index in [1.807, 2.05) is 0 Å². The number of fused-ring (bicyclic) bond motifs is 1. The quantitative estimate of drug-likeness (QED) is 0.196. The molecule has 4 aliphatic carbocycles. The number of hydrogen-bond donors (Lipinski definition) is 0. The van der Waals surface area contributed by atoms with E-state index in [2.05, 4.69) is 89.4 Å². The average molecular weight is 661 g/mol. The summed E-state index contributed by atoms with van der Waals surface area (Å²) in [4.78, 5) is 0. The van der Waals surface area contributed by atoms with Crippen molar-refractivity contribution in [1.82, 2.24) is 0 Å². The molecule has 4 aliphatic rings. The number of rotatable bonds is 6. The zero-order valence-corrected chi connectivity index (χ0v) is 29.6. The van der Waals surface area contributed by atoms with Crippen molar-refractivity contribution in [3.63, 3.8) is 0 Å². The number of allylic oxidation sites excluding steroid dienone is 8. The van der Waals surface area contributed by atoms with Crippen LogP contribution in [0.2, 0.25) is 24.2 Å². The van der Waals surface area contributed by atoms with E-state index in [9.17, 15) is 0 Å². The Morgan fingerprint density at radius 1 is 0.800 bits per heavy atom. The van der Waals surface area contributed by atoms with E-state index in [0.29, 0.717) is 5.41 Å². The van der Waals surface area contributed by atoms with Gasteiger partial charge in [-0.1, -0.05) is 109 Å². The van der Waals surface area contributed by atoms with Crippen molar-refractivity contribution >= 4 is 8.07 Å². The third kappa shape index (κ3) is 6.38. The van der Waals surface area contributed by atoms with Crippen molar-refractivity contribution in [3.05, 3.63) is 78.3 Å². The van der Waals surface area contributed by atoms with E-state index in [1.165, 1.54) is 38.5 Å². The Morgan fingerprint density at radius 3 is 1.94 bits per heavy atom. The van der Waals surface area contributed by atoms with Crippen molar-refractivity contribution < 1.29 is 25.8 Å². The topological polar surface area (TPSA) is 0 Å². The molecule has 4 rings (SSSR count). The van der Waals surface area contributed by atoms with Crippen molar-refractivity contribution in [2.45, 2.75) is 90.4 Å². The van der Waals surface area contributed by atoms with E-state index in [0.717, 1.165) is 46.6 Å². The minimum Gasteiger partial charge on any atom is -0.358 e. The first-order chi connectivity index (χ1) is 14.4. The summed E-state index contributed by atoms with van der Waals surface area (Å²) >= 11 is 0. The van der Waals surface area contributed by atoms with Gasteiger partial charge in [-0.15, -0.1) is 0 Å². The minimum atomic E-state index is -1.54. The molecule has 0 radical (unpaired) electrons. The van der Waals surface area contributed by atoms with E-state index < -0.39 is 8.07 Å². The summed E-state index contributed by atoms with van der Waals surface area (Å²) < 4.78 is 0. The third-order valence-electron chi connectivity index (χ3n) is 10.0. The zero-order valence-electron chi connectivity index (χ0n) is 25.0. The molecule has 0 bridgehead atoms. The van der Waals surface area contributed by atoms with Crippen LogP contribution in [-0.2, 0) is 25.8 Å². The Kier molecular flexibility index (Phi) is 15.8. The average Bonchev–Trinajstić information content (AvgIpc) is 3.15. The fourth-order valence-electron chi connectivity index (χ4n) is 9.38. The molecular weight excluding hydrogens is 603 g/mol. The van der Waals surface area contributed by atoms with Gasteiger partial charge in [-0.05, 0) is 71.3 Å². The van der Waals surface area contributed by atoms with Crippen LogP contribution in [0.25, 0.3) is 0 Å². The Balaban J connectivity index is 0. The second-order valence-corrected chi connectivity index (χ2v) is 16.8. The summed E-state index contributed by atoms with van der Waals surface area (Å²) in [5, 5.41) is 0. The van der Waals surface area contributed by atoms with Crippen LogP contribution in [0.5, 0.6) is 0 Å². The van der Waals surface area contributed by atoms with E-state index in [1.54, 1.807) is 0 Å². The summed E-state index contributed by atoms with van der Waals surface area (Å²) in [5.41, 5.74) is 2.27. The summed E-state index contributed by atoms with van der Waals surface area (Å²) in [7, 11) is -1.54. The molecule has 2 saturated carbocycles. The second-order valence-electron chi connectivity index (χ2n) is 11.9. The van der Waals surface area contributed by atoms with Crippen molar-refractivity contribution in [1.29, 1.82) is 0 Å². The first-order valence-electron chi connectivity index (χ1n) is 13.1. The summed E-state index contributed by atoms with van der Waals surface area (Å²) in [6, 6.07) is 0. The molecule has 0 aromatic carbocycles. The first kappa shape index (κ1) is 37.2. The SMILES string of the molecule is CCCC1CC2(C=CC=CC2)C([Si](C)(C)C2C(C)C(CCC)C3C=CC=CC32)C1C.[CH3-].[CH3-].[CH3-].[CH3-].[Hf+4]. The molecule has 2 heteroatoms. The fraction of sp³-hybridized carbons (Fsp3) is 0.636. The van der Waals surface area contributed by atoms with Crippen LogP contribution in [0, 0.1) is 70.6 Å². The van der Waals surface area contributed by atoms with Crippen LogP contribution in [0.3, 0.4) is 0 Å². The van der Waals surface area contributed by atoms with Crippen LogP contribution in [0.1, 0.15) is 66.2 Å². The maximum atomic E-state index is 2.81. The van der Waals surface area contributed by atoms with Gasteiger partial charge in [0, 0.05) is 0 Å². The molecule has 1 spiro atoms. The summed E-state index contributed by atoms with van der Waals surface area (Å²) in [6.07, 6.45) is 28.0. The van der Waals surface area contributed by atoms with Gasteiger partial charge < -0.3 is 29.7 Å². The van der Waals surface area contributed by atoms with Crippen molar-refractivity contribution in [3.8, 4) is 0 Å². The molecule has 35 heavy (non-hydrogen) atoms. The predicted octanol–water partition coefficient (Wildman–Crippen LogP) is 10.6.